The molecule has 1 fully saturated rings. The van der Waals surface area contributed by atoms with Gasteiger partial charge in [-0.05, 0) is 41.5 Å². The van der Waals surface area contributed by atoms with Gasteiger partial charge in [-0.25, -0.2) is 9.59 Å². The summed E-state index contributed by atoms with van der Waals surface area (Å²) >= 11 is 0. The quantitative estimate of drug-likeness (QED) is 0.689. The van der Waals surface area contributed by atoms with Crippen molar-refractivity contribution in [1.82, 2.24) is 10.2 Å². The third-order valence-electron chi connectivity index (χ3n) is 6.58. The largest absolute Gasteiger partial charge is 0.479 e. The first-order chi connectivity index (χ1) is 15.5. The van der Waals surface area contributed by atoms with E-state index in [2.05, 4.69) is 17.4 Å². The van der Waals surface area contributed by atoms with Gasteiger partial charge in [-0.15, -0.1) is 0 Å². The summed E-state index contributed by atoms with van der Waals surface area (Å²) in [4.78, 5) is 38.4. The molecule has 2 aromatic carbocycles. The highest BCUT2D eigenvalue weighted by Gasteiger charge is 2.49. The van der Waals surface area contributed by atoms with Crippen molar-refractivity contribution in [2.45, 2.75) is 44.1 Å². The molecule has 2 aromatic rings. The van der Waals surface area contributed by atoms with Crippen LogP contribution in [-0.4, -0.2) is 53.2 Å². The monoisotopic (exact) mass is 436 g/mol. The van der Waals surface area contributed by atoms with Crippen molar-refractivity contribution >= 4 is 18.0 Å². The molecule has 2 aliphatic rings. The van der Waals surface area contributed by atoms with Gasteiger partial charge in [-0.3, -0.25) is 4.79 Å². The number of carboxylic acid groups (broad SMARTS) is 1. The third-order valence-corrected chi connectivity index (χ3v) is 6.58. The highest BCUT2D eigenvalue weighted by Crippen LogP contribution is 2.44. The van der Waals surface area contributed by atoms with Gasteiger partial charge < -0.3 is 20.1 Å². The van der Waals surface area contributed by atoms with Gasteiger partial charge in [-0.2, -0.15) is 0 Å². The summed E-state index contributed by atoms with van der Waals surface area (Å²) in [5.74, 6) is -1.44. The number of rotatable bonds is 7. The maximum atomic E-state index is 12.7. The predicted molar refractivity (Wildman–Crippen MR) is 119 cm³/mol. The van der Waals surface area contributed by atoms with Gasteiger partial charge in [0.1, 0.15) is 18.7 Å². The predicted octanol–water partition coefficient (Wildman–Crippen LogP) is 3.77. The number of amides is 2. The fraction of sp³-hybridized carbons (Fsp3) is 0.400. The number of carbonyl (C=O) groups excluding carboxylic acids is 2. The molecule has 1 aliphatic heterocycles. The maximum Gasteiger partial charge on any atom is 0.407 e. The molecule has 7 heteroatoms. The van der Waals surface area contributed by atoms with Crippen LogP contribution in [0.1, 0.15) is 49.7 Å². The van der Waals surface area contributed by atoms with Crippen molar-refractivity contribution in [2.24, 2.45) is 0 Å². The number of nitrogens with one attached hydrogen (secondary N) is 1. The van der Waals surface area contributed by atoms with Crippen LogP contribution in [0.25, 0.3) is 11.1 Å². The summed E-state index contributed by atoms with van der Waals surface area (Å²) in [6.07, 6.45) is 1.46. The zero-order valence-corrected chi connectivity index (χ0v) is 18.2. The maximum absolute atomic E-state index is 12.7. The minimum absolute atomic E-state index is 0.0633. The van der Waals surface area contributed by atoms with Crippen LogP contribution in [-0.2, 0) is 14.3 Å². The first-order valence-electron chi connectivity index (χ1n) is 11.1. The zero-order chi connectivity index (χ0) is 22.7. The summed E-state index contributed by atoms with van der Waals surface area (Å²) in [6.45, 7) is 2.17. The Morgan fingerprint density at radius 1 is 1.09 bits per heavy atom. The van der Waals surface area contributed by atoms with Crippen LogP contribution in [0.3, 0.4) is 0 Å². The summed E-state index contributed by atoms with van der Waals surface area (Å²) < 4.78 is 5.46. The SMILES string of the molecule is CCCC1(C(=O)O)CCCN1C(=O)CNC(=O)OCC1c2ccccc2-c2ccccc21. The second-order valence-corrected chi connectivity index (χ2v) is 8.41. The van der Waals surface area contributed by atoms with Crippen molar-refractivity contribution in [1.29, 1.82) is 0 Å². The van der Waals surface area contributed by atoms with E-state index in [9.17, 15) is 19.5 Å². The number of carboxylic acids is 1. The molecule has 32 heavy (non-hydrogen) atoms. The molecule has 0 radical (unpaired) electrons. The molecule has 0 spiro atoms. The number of aliphatic carboxylic acids is 1. The second kappa shape index (κ2) is 9.02. The van der Waals surface area contributed by atoms with E-state index < -0.39 is 23.5 Å². The molecule has 7 nitrogen and oxygen atoms in total. The van der Waals surface area contributed by atoms with Crippen LogP contribution in [0.4, 0.5) is 4.79 Å². The van der Waals surface area contributed by atoms with Gasteiger partial charge in [0.2, 0.25) is 5.91 Å². The Bertz CT molecular complexity index is 991. The van der Waals surface area contributed by atoms with Gasteiger partial charge in [0.25, 0.3) is 0 Å². The number of fused-ring (bicyclic) bond motifs is 3. The van der Waals surface area contributed by atoms with Crippen molar-refractivity contribution in [3.05, 3.63) is 59.7 Å². The van der Waals surface area contributed by atoms with Gasteiger partial charge in [0.05, 0.1) is 0 Å². The summed E-state index contributed by atoms with van der Waals surface area (Å²) in [5, 5.41) is 12.3. The topological polar surface area (TPSA) is 95.9 Å². The molecule has 0 aromatic heterocycles. The van der Waals surface area contributed by atoms with Crippen LogP contribution in [0.15, 0.2) is 48.5 Å². The number of ether oxygens (including phenoxy) is 1. The smallest absolute Gasteiger partial charge is 0.407 e. The standard InChI is InChI=1S/C25H28N2O5/c1-2-12-25(23(29)30)13-7-14-27(25)22(28)15-26-24(31)32-16-21-19-10-5-3-8-17(19)18-9-4-6-11-20(18)21/h3-6,8-11,21H,2,7,12-16H2,1H3,(H,26,31)(H,29,30). The number of carbonyl (C=O) groups is 3. The Morgan fingerprint density at radius 3 is 2.31 bits per heavy atom. The van der Waals surface area contributed by atoms with Crippen LogP contribution in [0, 0.1) is 0 Å². The molecule has 1 saturated heterocycles. The van der Waals surface area contributed by atoms with Crippen molar-refractivity contribution < 1.29 is 24.2 Å². The highest BCUT2D eigenvalue weighted by atomic mass is 16.5. The Kier molecular flexibility index (Phi) is 6.17. The molecule has 2 N–H and O–H groups in total. The van der Waals surface area contributed by atoms with Gasteiger partial charge in [0.15, 0.2) is 0 Å². The molecular formula is C25H28N2O5. The van der Waals surface area contributed by atoms with Gasteiger partial charge >= 0.3 is 12.1 Å². The lowest BCUT2D eigenvalue weighted by Gasteiger charge is -2.34. The number of hydrogen-bond donors (Lipinski definition) is 2. The van der Waals surface area contributed by atoms with Crippen LogP contribution in [0.2, 0.25) is 0 Å². The minimum Gasteiger partial charge on any atom is -0.479 e. The van der Waals surface area contributed by atoms with Crippen molar-refractivity contribution in [2.75, 3.05) is 19.7 Å². The Balaban J connectivity index is 1.36. The molecule has 168 valence electrons. The van der Waals surface area contributed by atoms with E-state index in [1.165, 1.54) is 4.90 Å². The van der Waals surface area contributed by atoms with Crippen LogP contribution < -0.4 is 5.32 Å². The average molecular weight is 437 g/mol. The van der Waals surface area contributed by atoms with E-state index in [1.807, 2.05) is 43.3 Å². The molecule has 0 saturated carbocycles. The Morgan fingerprint density at radius 2 is 1.72 bits per heavy atom. The van der Waals surface area contributed by atoms with E-state index in [4.69, 9.17) is 4.74 Å². The molecule has 1 atom stereocenters. The third kappa shape index (κ3) is 3.83. The average Bonchev–Trinajstić information content (AvgIpc) is 3.37. The molecule has 4 rings (SSSR count). The number of alkyl carbamates (subject to hydrolysis) is 1. The van der Waals surface area contributed by atoms with E-state index >= 15 is 0 Å². The fourth-order valence-electron chi connectivity index (χ4n) is 5.14. The number of nitrogens with zero attached hydrogens (tertiary/aromatic N) is 1. The first-order valence-corrected chi connectivity index (χ1v) is 11.1. The van der Waals surface area contributed by atoms with Crippen molar-refractivity contribution in [3.8, 4) is 11.1 Å². The summed E-state index contributed by atoms with van der Waals surface area (Å²) in [6, 6.07) is 16.1. The van der Waals surface area contributed by atoms with Gasteiger partial charge in [-0.1, -0.05) is 61.9 Å². The van der Waals surface area contributed by atoms with Gasteiger partial charge in [0, 0.05) is 12.5 Å². The molecule has 1 aliphatic carbocycles. The summed E-state index contributed by atoms with van der Waals surface area (Å²) in [5.41, 5.74) is 3.33. The van der Waals surface area contributed by atoms with E-state index in [0.717, 1.165) is 22.3 Å². The lowest BCUT2D eigenvalue weighted by Crippen LogP contribution is -2.55. The molecule has 1 heterocycles. The number of hydrogen-bond acceptors (Lipinski definition) is 4. The lowest BCUT2D eigenvalue weighted by atomic mass is 9.90. The van der Waals surface area contributed by atoms with E-state index in [-0.39, 0.29) is 19.1 Å². The Hall–Kier alpha value is -3.35. The van der Waals surface area contributed by atoms with Crippen molar-refractivity contribution in [3.63, 3.8) is 0 Å². The first kappa shape index (κ1) is 21.9. The van der Waals surface area contributed by atoms with Crippen LogP contribution in [0.5, 0.6) is 0 Å². The molecule has 2 amide bonds. The second-order valence-electron chi connectivity index (χ2n) is 8.41. The number of benzene rings is 2. The molecule has 1 unspecified atom stereocenters. The normalized spacial score (nSPS) is 19.3. The Labute approximate surface area is 187 Å². The molecular weight excluding hydrogens is 408 g/mol. The van der Waals surface area contributed by atoms with Crippen LogP contribution >= 0.6 is 0 Å². The number of likely N-dealkylation sites (tertiary alicyclic amines) is 1. The summed E-state index contributed by atoms with van der Waals surface area (Å²) in [7, 11) is 0. The lowest BCUT2D eigenvalue weighted by molar-refractivity contribution is -0.156. The van der Waals surface area contributed by atoms with E-state index in [0.29, 0.717) is 32.2 Å². The highest BCUT2D eigenvalue weighted by molar-refractivity contribution is 5.90. The zero-order valence-electron chi connectivity index (χ0n) is 18.2. The fourth-order valence-corrected chi connectivity index (χ4v) is 5.14. The minimum atomic E-state index is -1.17. The van der Waals surface area contributed by atoms with E-state index in [1.54, 1.807) is 0 Å². The molecule has 0 bridgehead atoms.